The number of benzene rings is 1. The number of rotatable bonds is 6. The minimum atomic E-state index is 0.766. The van der Waals surface area contributed by atoms with Crippen LogP contribution in [-0.2, 0) is 11.2 Å². The zero-order valence-electron chi connectivity index (χ0n) is 12.6. The zero-order chi connectivity index (χ0) is 14.2. The van der Waals surface area contributed by atoms with Gasteiger partial charge in [0.15, 0.2) is 0 Å². The minimum Gasteiger partial charge on any atom is -0.299 e. The van der Waals surface area contributed by atoms with Crippen LogP contribution in [-0.4, -0.2) is 6.29 Å². The van der Waals surface area contributed by atoms with Gasteiger partial charge in [-0.25, -0.2) is 0 Å². The van der Waals surface area contributed by atoms with Gasteiger partial charge < -0.3 is 0 Å². The Balaban J connectivity index is 1.78. The number of carbonyl (C=O) groups is 1. The highest BCUT2D eigenvalue weighted by Gasteiger charge is 2.21. The highest BCUT2D eigenvalue weighted by molar-refractivity contribution is 5.64. The van der Waals surface area contributed by atoms with E-state index in [-0.39, 0.29) is 0 Å². The molecule has 0 heterocycles. The molecule has 0 atom stereocenters. The van der Waals surface area contributed by atoms with Crippen LogP contribution in [0.5, 0.6) is 0 Å². The van der Waals surface area contributed by atoms with E-state index in [0.29, 0.717) is 0 Å². The topological polar surface area (TPSA) is 17.1 Å². The van der Waals surface area contributed by atoms with Gasteiger partial charge in [-0.1, -0.05) is 37.3 Å². The summed E-state index contributed by atoms with van der Waals surface area (Å²) >= 11 is 0. The summed E-state index contributed by atoms with van der Waals surface area (Å²) in [6, 6.07) is 9.23. The molecule has 0 bridgehead atoms. The molecule has 0 amide bonds. The maximum absolute atomic E-state index is 10.2. The molecule has 0 spiro atoms. The number of hydrogen-bond acceptors (Lipinski definition) is 1. The molecule has 0 unspecified atom stereocenters. The summed E-state index contributed by atoms with van der Waals surface area (Å²) in [5.41, 5.74) is 2.96. The van der Waals surface area contributed by atoms with Gasteiger partial charge in [0.2, 0.25) is 0 Å². The number of hydrogen-bond donors (Lipinski definition) is 0. The fraction of sp³-hybridized carbons (Fsp3) is 0.526. The molecular formula is C19H26O. The van der Waals surface area contributed by atoms with E-state index in [1.807, 2.05) is 6.08 Å². The molecule has 1 aliphatic carbocycles. The molecule has 1 aliphatic rings. The van der Waals surface area contributed by atoms with Crippen LogP contribution in [0.2, 0.25) is 0 Å². The largest absolute Gasteiger partial charge is 0.299 e. The molecule has 0 aromatic heterocycles. The maximum atomic E-state index is 10.2. The Hall–Kier alpha value is -1.37. The first-order valence-corrected chi connectivity index (χ1v) is 8.02. The number of aryl methyl sites for hydroxylation is 1. The second kappa shape index (κ2) is 8.04. The van der Waals surface area contributed by atoms with Crippen LogP contribution in [0, 0.1) is 5.92 Å². The van der Waals surface area contributed by atoms with E-state index >= 15 is 0 Å². The molecule has 1 saturated carbocycles. The number of allylic oxidation sites excluding steroid dienone is 2. The first-order chi connectivity index (χ1) is 9.83. The van der Waals surface area contributed by atoms with Crippen LogP contribution >= 0.6 is 0 Å². The highest BCUT2D eigenvalue weighted by Crippen LogP contribution is 2.37. The summed E-state index contributed by atoms with van der Waals surface area (Å²) in [6.45, 7) is 2.21. The third-order valence-electron chi connectivity index (χ3n) is 4.66. The summed E-state index contributed by atoms with van der Waals surface area (Å²) in [7, 11) is 0. The van der Waals surface area contributed by atoms with Crippen LogP contribution in [0.4, 0.5) is 0 Å². The van der Waals surface area contributed by atoms with Crippen LogP contribution < -0.4 is 0 Å². The van der Waals surface area contributed by atoms with E-state index in [1.165, 1.54) is 43.2 Å². The zero-order valence-corrected chi connectivity index (χ0v) is 12.6. The highest BCUT2D eigenvalue weighted by atomic mass is 16.1. The lowest BCUT2D eigenvalue weighted by atomic mass is 9.77. The van der Waals surface area contributed by atoms with Crippen molar-refractivity contribution in [3.8, 4) is 0 Å². The van der Waals surface area contributed by atoms with Crippen molar-refractivity contribution in [2.45, 2.75) is 57.8 Å². The second-order valence-electron chi connectivity index (χ2n) is 5.95. The minimum absolute atomic E-state index is 0.766. The lowest BCUT2D eigenvalue weighted by Gasteiger charge is -2.28. The van der Waals surface area contributed by atoms with Crippen LogP contribution in [0.15, 0.2) is 36.4 Å². The molecule has 0 saturated heterocycles. The molecule has 1 aromatic rings. The molecule has 1 nitrogen and oxygen atoms in total. The molecule has 1 aromatic carbocycles. The van der Waals surface area contributed by atoms with Gasteiger partial charge in [-0.15, -0.1) is 0 Å². The van der Waals surface area contributed by atoms with Crippen molar-refractivity contribution in [3.63, 3.8) is 0 Å². The monoisotopic (exact) mass is 270 g/mol. The van der Waals surface area contributed by atoms with Crippen molar-refractivity contribution in [1.29, 1.82) is 0 Å². The van der Waals surface area contributed by atoms with Gasteiger partial charge in [0.25, 0.3) is 0 Å². The molecule has 1 heteroatoms. The predicted molar refractivity (Wildman–Crippen MR) is 85.0 cm³/mol. The standard InChI is InChI=1S/C19H26O/c1-2-16-7-11-18(12-8-16)19-13-9-17(10-14-19)6-4-3-5-15-20/h3,5,7-8,11-12,15,17,19H,2,4,6,9-10,13-14H2,1H3/t17-,19-. The Labute approximate surface area is 123 Å². The van der Waals surface area contributed by atoms with Gasteiger partial charge in [0.05, 0.1) is 0 Å². The number of carbonyl (C=O) groups excluding carboxylic acids is 1. The maximum Gasteiger partial charge on any atom is 0.142 e. The van der Waals surface area contributed by atoms with E-state index in [0.717, 1.165) is 31.0 Å². The summed E-state index contributed by atoms with van der Waals surface area (Å²) in [4.78, 5) is 10.2. The van der Waals surface area contributed by atoms with Gasteiger partial charge in [-0.3, -0.25) is 4.79 Å². The molecule has 1 fully saturated rings. The van der Waals surface area contributed by atoms with Crippen LogP contribution in [0.25, 0.3) is 0 Å². The lowest BCUT2D eigenvalue weighted by molar-refractivity contribution is -0.104. The Kier molecular flexibility index (Phi) is 6.04. The summed E-state index contributed by atoms with van der Waals surface area (Å²) in [6.07, 6.45) is 13.3. The third kappa shape index (κ3) is 4.33. The Bertz CT molecular complexity index is 422. The van der Waals surface area contributed by atoms with E-state index < -0.39 is 0 Å². The Morgan fingerprint density at radius 3 is 2.40 bits per heavy atom. The van der Waals surface area contributed by atoms with Gasteiger partial charge >= 0.3 is 0 Å². The molecule has 20 heavy (non-hydrogen) atoms. The van der Waals surface area contributed by atoms with Crippen molar-refractivity contribution in [2.24, 2.45) is 5.92 Å². The SMILES string of the molecule is CCc1ccc([C@H]2CC[C@H](CCC=CC=O)CC2)cc1. The van der Waals surface area contributed by atoms with Gasteiger partial charge in [0.1, 0.15) is 6.29 Å². The molecule has 108 valence electrons. The summed E-state index contributed by atoms with van der Waals surface area (Å²) < 4.78 is 0. The van der Waals surface area contributed by atoms with E-state index in [1.54, 1.807) is 6.08 Å². The van der Waals surface area contributed by atoms with Gasteiger partial charge in [0, 0.05) is 0 Å². The first-order valence-electron chi connectivity index (χ1n) is 8.02. The van der Waals surface area contributed by atoms with Crippen molar-refractivity contribution < 1.29 is 4.79 Å². The summed E-state index contributed by atoms with van der Waals surface area (Å²) in [5, 5.41) is 0. The number of aldehydes is 1. The molecule has 0 aliphatic heterocycles. The van der Waals surface area contributed by atoms with Crippen molar-refractivity contribution >= 4 is 6.29 Å². The van der Waals surface area contributed by atoms with E-state index in [2.05, 4.69) is 31.2 Å². The average Bonchev–Trinajstić information content (AvgIpc) is 2.52. The Morgan fingerprint density at radius 2 is 1.80 bits per heavy atom. The molecule has 2 rings (SSSR count). The average molecular weight is 270 g/mol. The van der Waals surface area contributed by atoms with Gasteiger partial charge in [-0.2, -0.15) is 0 Å². The molecule has 0 N–H and O–H groups in total. The predicted octanol–water partition coefficient (Wildman–Crippen LogP) is 5.06. The smallest absolute Gasteiger partial charge is 0.142 e. The Morgan fingerprint density at radius 1 is 1.10 bits per heavy atom. The van der Waals surface area contributed by atoms with E-state index in [9.17, 15) is 4.79 Å². The second-order valence-corrected chi connectivity index (χ2v) is 5.95. The van der Waals surface area contributed by atoms with Crippen molar-refractivity contribution in [3.05, 3.63) is 47.5 Å². The lowest BCUT2D eigenvalue weighted by Crippen LogP contribution is -2.13. The van der Waals surface area contributed by atoms with Crippen molar-refractivity contribution in [2.75, 3.05) is 0 Å². The van der Waals surface area contributed by atoms with E-state index in [4.69, 9.17) is 0 Å². The van der Waals surface area contributed by atoms with Crippen LogP contribution in [0.1, 0.15) is 62.5 Å². The third-order valence-corrected chi connectivity index (χ3v) is 4.66. The summed E-state index contributed by atoms with van der Waals surface area (Å²) in [5.74, 6) is 1.63. The fourth-order valence-corrected chi connectivity index (χ4v) is 3.29. The fourth-order valence-electron chi connectivity index (χ4n) is 3.29. The molecule has 0 radical (unpaired) electrons. The first kappa shape index (κ1) is 15.0. The van der Waals surface area contributed by atoms with Crippen molar-refractivity contribution in [1.82, 2.24) is 0 Å². The van der Waals surface area contributed by atoms with Crippen LogP contribution in [0.3, 0.4) is 0 Å². The molecular weight excluding hydrogens is 244 g/mol. The quantitative estimate of drug-likeness (QED) is 0.521. The normalized spacial score (nSPS) is 23.1. The van der Waals surface area contributed by atoms with Gasteiger partial charge in [-0.05, 0) is 74.0 Å².